The Morgan fingerprint density at radius 2 is 2.00 bits per heavy atom. The first kappa shape index (κ1) is 13.7. The molecular formula is C12H13BrO4. The average Bonchev–Trinajstić information content (AvgIpc) is 2.30. The van der Waals surface area contributed by atoms with Crippen molar-refractivity contribution in [2.24, 2.45) is 0 Å². The molecule has 0 aliphatic heterocycles. The lowest BCUT2D eigenvalue weighted by molar-refractivity contribution is -0.122. The summed E-state index contributed by atoms with van der Waals surface area (Å²) in [6.45, 7) is 3.13. The van der Waals surface area contributed by atoms with Crippen LogP contribution in [0.1, 0.15) is 24.2 Å². The molecule has 1 rings (SSSR count). The van der Waals surface area contributed by atoms with Gasteiger partial charge < -0.3 is 9.47 Å². The predicted molar refractivity (Wildman–Crippen MR) is 66.3 cm³/mol. The molecule has 1 atom stereocenters. The quantitative estimate of drug-likeness (QED) is 0.802. The van der Waals surface area contributed by atoms with E-state index in [1.54, 1.807) is 25.1 Å². The van der Waals surface area contributed by atoms with Crippen LogP contribution in [0.2, 0.25) is 0 Å². The van der Waals surface area contributed by atoms with Crippen LogP contribution in [0.4, 0.5) is 0 Å². The number of carbonyl (C=O) groups excluding carboxylic acids is 2. The number of esters is 1. The molecule has 0 amide bonds. The number of ether oxygens (including phenoxy) is 2. The van der Waals surface area contributed by atoms with Gasteiger partial charge in [0.15, 0.2) is 11.9 Å². The lowest BCUT2D eigenvalue weighted by atomic mass is 10.2. The summed E-state index contributed by atoms with van der Waals surface area (Å²) in [5, 5.41) is 0. The van der Waals surface area contributed by atoms with Crippen LogP contribution in [-0.4, -0.2) is 25.0 Å². The van der Waals surface area contributed by atoms with E-state index in [2.05, 4.69) is 20.7 Å². The Labute approximate surface area is 108 Å². The predicted octanol–water partition coefficient (Wildman–Crippen LogP) is 2.59. The normalized spacial score (nSPS) is 11.8. The monoisotopic (exact) mass is 300 g/mol. The number of halogens is 1. The van der Waals surface area contributed by atoms with Gasteiger partial charge in [0.1, 0.15) is 5.75 Å². The fraction of sp³-hybridized carbons (Fsp3) is 0.333. The number of hydrogen-bond donors (Lipinski definition) is 0. The van der Waals surface area contributed by atoms with E-state index in [9.17, 15) is 9.59 Å². The third-order valence-electron chi connectivity index (χ3n) is 2.23. The van der Waals surface area contributed by atoms with Gasteiger partial charge in [-0.25, -0.2) is 4.79 Å². The van der Waals surface area contributed by atoms with E-state index in [0.717, 1.165) is 0 Å². The number of carbonyl (C=O) groups is 2. The summed E-state index contributed by atoms with van der Waals surface area (Å²) >= 11 is 3.28. The third kappa shape index (κ3) is 3.56. The van der Waals surface area contributed by atoms with Crippen LogP contribution in [0, 0.1) is 0 Å². The van der Waals surface area contributed by atoms with E-state index < -0.39 is 12.1 Å². The summed E-state index contributed by atoms with van der Waals surface area (Å²) in [5.41, 5.74) is 0.419. The topological polar surface area (TPSA) is 52.6 Å². The molecule has 0 aromatic heterocycles. The molecule has 5 heteroatoms. The van der Waals surface area contributed by atoms with Crippen LogP contribution in [-0.2, 0) is 9.53 Å². The Hall–Kier alpha value is -1.36. The molecule has 0 fully saturated rings. The van der Waals surface area contributed by atoms with Crippen molar-refractivity contribution in [3.8, 4) is 5.75 Å². The smallest absolute Gasteiger partial charge is 0.337 e. The molecule has 1 unspecified atom stereocenters. The minimum absolute atomic E-state index is 0.0612. The molecule has 1 aromatic rings. The maximum atomic E-state index is 11.3. The third-order valence-corrected chi connectivity index (χ3v) is 2.85. The molecular weight excluding hydrogens is 288 g/mol. The van der Waals surface area contributed by atoms with Crippen LogP contribution in [0.15, 0.2) is 22.7 Å². The molecule has 0 aliphatic carbocycles. The SMILES string of the molecule is COC(=O)c1ccc(OC(C)C(C)=O)c(Br)c1. The van der Waals surface area contributed by atoms with E-state index in [-0.39, 0.29) is 5.78 Å². The highest BCUT2D eigenvalue weighted by Gasteiger charge is 2.13. The standard InChI is InChI=1S/C12H13BrO4/c1-7(14)8(2)17-11-5-4-9(6-10(11)13)12(15)16-3/h4-6,8H,1-3H3. The van der Waals surface area contributed by atoms with E-state index in [1.807, 2.05) is 0 Å². The second-order valence-electron chi connectivity index (χ2n) is 3.51. The van der Waals surface area contributed by atoms with Crippen LogP contribution in [0.5, 0.6) is 5.75 Å². The molecule has 0 aliphatic rings. The maximum Gasteiger partial charge on any atom is 0.337 e. The minimum Gasteiger partial charge on any atom is -0.482 e. The van der Waals surface area contributed by atoms with Crippen molar-refractivity contribution in [2.45, 2.75) is 20.0 Å². The maximum absolute atomic E-state index is 11.3. The number of ketones is 1. The number of rotatable bonds is 4. The number of Topliss-reactive ketones (excluding diaryl/α,β-unsaturated/α-hetero) is 1. The summed E-state index contributed by atoms with van der Waals surface area (Å²) in [6.07, 6.45) is -0.518. The number of hydrogen-bond acceptors (Lipinski definition) is 4. The van der Waals surface area contributed by atoms with E-state index in [0.29, 0.717) is 15.8 Å². The lowest BCUT2D eigenvalue weighted by Crippen LogP contribution is -2.20. The first-order chi connectivity index (χ1) is 7.95. The molecule has 0 saturated heterocycles. The summed E-state index contributed by atoms with van der Waals surface area (Å²) in [7, 11) is 1.32. The molecule has 17 heavy (non-hydrogen) atoms. The van der Waals surface area contributed by atoms with E-state index >= 15 is 0 Å². The van der Waals surface area contributed by atoms with Gasteiger partial charge >= 0.3 is 5.97 Å². The second-order valence-corrected chi connectivity index (χ2v) is 4.36. The summed E-state index contributed by atoms with van der Waals surface area (Å²) in [4.78, 5) is 22.3. The van der Waals surface area contributed by atoms with Crippen molar-refractivity contribution in [1.82, 2.24) is 0 Å². The van der Waals surface area contributed by atoms with Crippen molar-refractivity contribution in [3.63, 3.8) is 0 Å². The molecule has 0 spiro atoms. The van der Waals surface area contributed by atoms with Gasteiger partial charge in [0, 0.05) is 0 Å². The van der Waals surface area contributed by atoms with Crippen molar-refractivity contribution < 1.29 is 19.1 Å². The highest BCUT2D eigenvalue weighted by molar-refractivity contribution is 9.10. The van der Waals surface area contributed by atoms with Crippen molar-refractivity contribution in [2.75, 3.05) is 7.11 Å². The fourth-order valence-corrected chi connectivity index (χ4v) is 1.59. The highest BCUT2D eigenvalue weighted by atomic mass is 79.9. The molecule has 0 heterocycles. The van der Waals surface area contributed by atoms with Gasteiger partial charge in [-0.2, -0.15) is 0 Å². The summed E-state index contributed by atoms with van der Waals surface area (Å²) < 4.78 is 10.6. The zero-order chi connectivity index (χ0) is 13.0. The zero-order valence-electron chi connectivity index (χ0n) is 9.82. The zero-order valence-corrected chi connectivity index (χ0v) is 11.4. The molecule has 1 aromatic carbocycles. The van der Waals surface area contributed by atoms with Gasteiger partial charge in [-0.15, -0.1) is 0 Å². The Morgan fingerprint density at radius 3 is 2.47 bits per heavy atom. The largest absolute Gasteiger partial charge is 0.482 e. The van der Waals surface area contributed by atoms with Gasteiger partial charge in [-0.3, -0.25) is 4.79 Å². The van der Waals surface area contributed by atoms with Crippen LogP contribution in [0.25, 0.3) is 0 Å². The molecule has 4 nitrogen and oxygen atoms in total. The Balaban J connectivity index is 2.90. The van der Waals surface area contributed by atoms with Crippen LogP contribution in [0.3, 0.4) is 0 Å². The van der Waals surface area contributed by atoms with Gasteiger partial charge in [-0.05, 0) is 48.0 Å². The summed E-state index contributed by atoms with van der Waals surface area (Å²) in [5.74, 6) is 0.0335. The molecule has 0 bridgehead atoms. The molecule has 0 N–H and O–H groups in total. The lowest BCUT2D eigenvalue weighted by Gasteiger charge is -2.13. The van der Waals surface area contributed by atoms with Crippen molar-refractivity contribution in [1.29, 1.82) is 0 Å². The second kappa shape index (κ2) is 5.82. The first-order valence-corrected chi connectivity index (χ1v) is 5.80. The van der Waals surface area contributed by atoms with Gasteiger partial charge in [0.25, 0.3) is 0 Å². The fourth-order valence-electron chi connectivity index (χ4n) is 1.11. The number of benzene rings is 1. The van der Waals surface area contributed by atoms with Gasteiger partial charge in [0.05, 0.1) is 17.1 Å². The highest BCUT2D eigenvalue weighted by Crippen LogP contribution is 2.27. The molecule has 92 valence electrons. The molecule has 0 radical (unpaired) electrons. The number of methoxy groups -OCH3 is 1. The van der Waals surface area contributed by atoms with E-state index in [4.69, 9.17) is 4.74 Å². The first-order valence-electron chi connectivity index (χ1n) is 5.00. The summed E-state index contributed by atoms with van der Waals surface area (Å²) in [6, 6.07) is 4.79. The Morgan fingerprint density at radius 1 is 1.35 bits per heavy atom. The van der Waals surface area contributed by atoms with Gasteiger partial charge in [0.2, 0.25) is 0 Å². The van der Waals surface area contributed by atoms with Crippen molar-refractivity contribution in [3.05, 3.63) is 28.2 Å². The average molecular weight is 301 g/mol. The van der Waals surface area contributed by atoms with Crippen LogP contribution < -0.4 is 4.74 Å². The Kier molecular flexibility index (Phi) is 4.69. The van der Waals surface area contributed by atoms with E-state index in [1.165, 1.54) is 14.0 Å². The van der Waals surface area contributed by atoms with Gasteiger partial charge in [-0.1, -0.05) is 0 Å². The van der Waals surface area contributed by atoms with Crippen LogP contribution >= 0.6 is 15.9 Å². The Bertz CT molecular complexity index is 442. The minimum atomic E-state index is -0.518. The van der Waals surface area contributed by atoms with Crippen molar-refractivity contribution >= 4 is 27.7 Å². The molecule has 0 saturated carbocycles.